The van der Waals surface area contributed by atoms with E-state index in [4.69, 9.17) is 0 Å². The molecule has 2 aromatic carbocycles. The SMILES string of the molecule is Brc1c[nH]c2ncnc(Nc3ccc4c(c3)C=NC4)c12.C1=NCc2ccc(Nc3ncnc4[nH]cc(-c5cccnc5)c34)cc21. The maximum Gasteiger partial charge on any atom is 0.144 e. The first kappa shape index (κ1) is 26.8. The first-order chi connectivity index (χ1) is 22.2. The molecule has 218 valence electrons. The summed E-state index contributed by atoms with van der Waals surface area (Å²) in [5, 5.41) is 8.66. The molecule has 0 fully saturated rings. The van der Waals surface area contributed by atoms with E-state index in [2.05, 4.69) is 102 Å². The van der Waals surface area contributed by atoms with Gasteiger partial charge in [0.2, 0.25) is 0 Å². The van der Waals surface area contributed by atoms with Gasteiger partial charge in [-0.2, -0.15) is 0 Å². The number of hydrogen-bond acceptors (Lipinski definition) is 9. The minimum Gasteiger partial charge on any atom is -0.345 e. The summed E-state index contributed by atoms with van der Waals surface area (Å²) in [6.45, 7) is 1.53. The van der Waals surface area contributed by atoms with Gasteiger partial charge in [0.1, 0.15) is 35.6 Å². The molecule has 9 rings (SSSR count). The fourth-order valence-electron chi connectivity index (χ4n) is 5.46. The molecule has 12 heteroatoms. The number of benzene rings is 2. The summed E-state index contributed by atoms with van der Waals surface area (Å²) in [5.41, 5.74) is 10.4. The van der Waals surface area contributed by atoms with Crippen molar-refractivity contribution in [2.24, 2.45) is 9.98 Å². The van der Waals surface area contributed by atoms with Crippen LogP contribution in [-0.4, -0.2) is 47.3 Å². The molecule has 0 amide bonds. The van der Waals surface area contributed by atoms with E-state index in [1.807, 2.05) is 49.2 Å². The summed E-state index contributed by atoms with van der Waals surface area (Å²) in [6.07, 6.45) is 14.3. The van der Waals surface area contributed by atoms with Gasteiger partial charge in [0, 0.05) is 64.2 Å². The van der Waals surface area contributed by atoms with E-state index in [-0.39, 0.29) is 0 Å². The van der Waals surface area contributed by atoms with E-state index in [1.54, 1.807) is 18.9 Å². The molecule has 0 atom stereocenters. The normalized spacial score (nSPS) is 12.6. The van der Waals surface area contributed by atoms with Gasteiger partial charge in [-0.1, -0.05) is 18.2 Å². The Morgan fingerprint density at radius 3 is 1.96 bits per heavy atom. The predicted molar refractivity (Wildman–Crippen MR) is 181 cm³/mol. The second-order valence-electron chi connectivity index (χ2n) is 10.5. The highest BCUT2D eigenvalue weighted by atomic mass is 79.9. The summed E-state index contributed by atoms with van der Waals surface area (Å²) in [6, 6.07) is 16.4. The van der Waals surface area contributed by atoms with Crippen molar-refractivity contribution in [1.29, 1.82) is 0 Å². The zero-order valence-corrected chi connectivity index (χ0v) is 25.2. The lowest BCUT2D eigenvalue weighted by Gasteiger charge is -2.09. The van der Waals surface area contributed by atoms with Gasteiger partial charge in [-0.05, 0) is 68.5 Å². The van der Waals surface area contributed by atoms with Gasteiger partial charge in [0.05, 0.1) is 23.9 Å². The van der Waals surface area contributed by atoms with Crippen molar-refractivity contribution in [1.82, 2.24) is 34.9 Å². The van der Waals surface area contributed by atoms with Crippen molar-refractivity contribution >= 4 is 73.4 Å². The Labute approximate surface area is 265 Å². The highest BCUT2D eigenvalue weighted by molar-refractivity contribution is 9.10. The Morgan fingerprint density at radius 2 is 1.31 bits per heavy atom. The second kappa shape index (κ2) is 11.4. The maximum atomic E-state index is 4.46. The van der Waals surface area contributed by atoms with Crippen LogP contribution in [0.3, 0.4) is 0 Å². The molecule has 7 heterocycles. The van der Waals surface area contributed by atoms with Crippen LogP contribution >= 0.6 is 15.9 Å². The van der Waals surface area contributed by atoms with Crippen LogP contribution in [0.15, 0.2) is 100 Å². The number of aromatic amines is 2. The topological polar surface area (TPSA) is 145 Å². The maximum absolute atomic E-state index is 4.46. The molecule has 45 heavy (non-hydrogen) atoms. The summed E-state index contributed by atoms with van der Waals surface area (Å²) >= 11 is 3.51. The van der Waals surface area contributed by atoms with E-state index in [1.165, 1.54) is 11.1 Å². The van der Waals surface area contributed by atoms with E-state index in [9.17, 15) is 0 Å². The van der Waals surface area contributed by atoms with Crippen LogP contribution in [0.5, 0.6) is 0 Å². The summed E-state index contributed by atoms with van der Waals surface area (Å²) in [5.74, 6) is 1.54. The third-order valence-corrected chi connectivity index (χ3v) is 8.29. The number of nitrogens with zero attached hydrogens (tertiary/aromatic N) is 7. The van der Waals surface area contributed by atoms with E-state index in [0.29, 0.717) is 0 Å². The summed E-state index contributed by atoms with van der Waals surface area (Å²) in [4.78, 5) is 36.4. The van der Waals surface area contributed by atoms with Crippen molar-refractivity contribution in [3.8, 4) is 11.1 Å². The number of H-pyrrole nitrogens is 2. The fourth-order valence-corrected chi connectivity index (χ4v) is 5.95. The second-order valence-corrected chi connectivity index (χ2v) is 11.3. The first-order valence-corrected chi connectivity index (χ1v) is 15.0. The monoisotopic (exact) mass is 653 g/mol. The van der Waals surface area contributed by atoms with Gasteiger partial charge in [-0.15, -0.1) is 0 Å². The molecule has 0 aliphatic carbocycles. The molecule has 0 radical (unpaired) electrons. The van der Waals surface area contributed by atoms with Crippen LogP contribution in [0.1, 0.15) is 22.3 Å². The molecule has 0 bridgehead atoms. The van der Waals surface area contributed by atoms with E-state index < -0.39 is 0 Å². The van der Waals surface area contributed by atoms with Crippen LogP contribution in [0, 0.1) is 0 Å². The van der Waals surface area contributed by atoms with Crippen molar-refractivity contribution < 1.29 is 0 Å². The number of nitrogens with one attached hydrogen (secondary N) is 4. The van der Waals surface area contributed by atoms with Crippen LogP contribution < -0.4 is 10.6 Å². The molecule has 7 aromatic rings. The van der Waals surface area contributed by atoms with E-state index >= 15 is 0 Å². The first-order valence-electron chi connectivity index (χ1n) is 14.2. The number of pyridine rings is 1. The minimum atomic E-state index is 0.760. The number of fused-ring (bicyclic) bond motifs is 4. The Kier molecular flexibility index (Phi) is 6.80. The molecule has 2 aliphatic heterocycles. The Bertz CT molecular complexity index is 2250. The lowest BCUT2D eigenvalue weighted by Crippen LogP contribution is -1.97. The van der Waals surface area contributed by atoms with Gasteiger partial charge in [-0.3, -0.25) is 15.0 Å². The third kappa shape index (κ3) is 5.21. The smallest absolute Gasteiger partial charge is 0.144 e. The summed E-state index contributed by atoms with van der Waals surface area (Å²) < 4.78 is 0.943. The summed E-state index contributed by atoms with van der Waals surface area (Å²) in [7, 11) is 0. The minimum absolute atomic E-state index is 0.760. The molecule has 0 saturated heterocycles. The molecule has 2 aliphatic rings. The van der Waals surface area contributed by atoms with Gasteiger partial charge in [0.25, 0.3) is 0 Å². The largest absolute Gasteiger partial charge is 0.345 e. The fraction of sp³-hybridized carbons (Fsp3) is 0.0606. The molecule has 4 N–H and O–H groups in total. The highest BCUT2D eigenvalue weighted by Crippen LogP contribution is 2.34. The Hall–Kier alpha value is -5.75. The molecule has 5 aromatic heterocycles. The van der Waals surface area contributed by atoms with Crippen molar-refractivity contribution in [3.63, 3.8) is 0 Å². The van der Waals surface area contributed by atoms with Gasteiger partial charge in [-0.25, -0.2) is 19.9 Å². The Morgan fingerprint density at radius 1 is 0.689 bits per heavy atom. The number of rotatable bonds is 5. The standard InChI is InChI=1S/C19H14N6.C14H10BrN5/c1-2-13(8-20-5-1)16-10-22-18-17(16)19(24-11-23-18)25-15-4-3-12-7-21-9-14(12)6-15;15-11-6-17-13-12(11)14(19-7-18-13)20-10-2-1-8-4-16-5-9(8)3-10/h1-6,8-11H,7H2,(H2,22,23,24,25);1-3,5-7H,4H2,(H2,17,18,19,20). The molecule has 11 nitrogen and oxygen atoms in total. The van der Waals surface area contributed by atoms with Gasteiger partial charge in [0.15, 0.2) is 0 Å². The molecular weight excluding hydrogens is 630 g/mol. The lowest BCUT2D eigenvalue weighted by molar-refractivity contribution is 1.11. The third-order valence-electron chi connectivity index (χ3n) is 7.67. The molecular formula is C33H24BrN11. The average molecular weight is 655 g/mol. The quantitative estimate of drug-likeness (QED) is 0.155. The Balaban J connectivity index is 0.000000137. The van der Waals surface area contributed by atoms with Crippen molar-refractivity contribution in [2.75, 3.05) is 10.6 Å². The van der Waals surface area contributed by atoms with Crippen molar-refractivity contribution in [2.45, 2.75) is 13.1 Å². The predicted octanol–water partition coefficient (Wildman–Crippen LogP) is 7.09. The zero-order valence-electron chi connectivity index (χ0n) is 23.7. The number of aromatic nitrogens is 7. The van der Waals surface area contributed by atoms with Gasteiger partial charge >= 0.3 is 0 Å². The van der Waals surface area contributed by atoms with Crippen molar-refractivity contribution in [3.05, 3.63) is 113 Å². The van der Waals surface area contributed by atoms with Crippen LogP contribution in [0.25, 0.3) is 33.2 Å². The lowest BCUT2D eigenvalue weighted by atomic mass is 10.1. The number of aliphatic imine (C=N–C) groups is 2. The van der Waals surface area contributed by atoms with Crippen LogP contribution in [0.4, 0.5) is 23.0 Å². The van der Waals surface area contributed by atoms with E-state index in [0.717, 1.165) is 84.9 Å². The molecule has 0 saturated carbocycles. The number of hydrogen-bond donors (Lipinski definition) is 4. The number of halogens is 1. The average Bonchev–Trinajstić information content (AvgIpc) is 3.89. The molecule has 0 unspecified atom stereocenters. The number of anilines is 4. The van der Waals surface area contributed by atoms with Crippen LogP contribution in [-0.2, 0) is 13.1 Å². The van der Waals surface area contributed by atoms with Gasteiger partial charge < -0.3 is 20.6 Å². The zero-order chi connectivity index (χ0) is 30.2. The van der Waals surface area contributed by atoms with Crippen LogP contribution in [0.2, 0.25) is 0 Å². The highest BCUT2D eigenvalue weighted by Gasteiger charge is 2.15. The molecule has 0 spiro atoms.